The molecule has 0 amide bonds. The predicted molar refractivity (Wildman–Crippen MR) is 49.5 cm³/mol. The molecule has 1 heterocycles. The van der Waals surface area contributed by atoms with Crippen molar-refractivity contribution in [2.75, 3.05) is 7.11 Å². The van der Waals surface area contributed by atoms with Gasteiger partial charge < -0.3 is 9.47 Å². The van der Waals surface area contributed by atoms with Crippen LogP contribution in [-0.2, 0) is 19.1 Å². The van der Waals surface area contributed by atoms with Crippen molar-refractivity contribution < 1.29 is 19.1 Å². The Bertz CT molecular complexity index is 261. The van der Waals surface area contributed by atoms with E-state index >= 15 is 0 Å². The average molecular weight is 200 g/mol. The van der Waals surface area contributed by atoms with Crippen molar-refractivity contribution in [2.24, 2.45) is 11.8 Å². The molecule has 0 aliphatic carbocycles. The summed E-state index contributed by atoms with van der Waals surface area (Å²) in [5.41, 5.74) is -1.12. The third-order valence-corrected chi connectivity index (χ3v) is 3.13. The van der Waals surface area contributed by atoms with Gasteiger partial charge in [-0.15, -0.1) is 0 Å². The van der Waals surface area contributed by atoms with Gasteiger partial charge >= 0.3 is 11.9 Å². The molecule has 4 nitrogen and oxygen atoms in total. The quantitative estimate of drug-likeness (QED) is 0.595. The molecule has 1 aliphatic heterocycles. The van der Waals surface area contributed by atoms with Crippen LogP contribution >= 0.6 is 0 Å². The molecule has 0 aromatic carbocycles. The van der Waals surface area contributed by atoms with Crippen molar-refractivity contribution in [3.63, 3.8) is 0 Å². The SMILES string of the molecule is COC(=O)[C@]1(C)OC(=O)C[C@@H](C)[C@H]1C. The lowest BCUT2D eigenvalue weighted by Gasteiger charge is -2.39. The number of carbonyl (C=O) groups is 2. The van der Waals surface area contributed by atoms with Crippen molar-refractivity contribution in [1.82, 2.24) is 0 Å². The van der Waals surface area contributed by atoms with E-state index in [1.807, 2.05) is 13.8 Å². The molecule has 4 heteroatoms. The fourth-order valence-electron chi connectivity index (χ4n) is 1.78. The summed E-state index contributed by atoms with van der Waals surface area (Å²) in [6, 6.07) is 0. The van der Waals surface area contributed by atoms with Crippen molar-refractivity contribution >= 4 is 11.9 Å². The minimum atomic E-state index is -1.12. The number of methoxy groups -OCH3 is 1. The van der Waals surface area contributed by atoms with Crippen molar-refractivity contribution in [3.8, 4) is 0 Å². The van der Waals surface area contributed by atoms with E-state index in [2.05, 4.69) is 4.74 Å². The normalized spacial score (nSPS) is 37.6. The maximum Gasteiger partial charge on any atom is 0.350 e. The van der Waals surface area contributed by atoms with Gasteiger partial charge in [0.05, 0.1) is 7.11 Å². The third kappa shape index (κ3) is 1.61. The van der Waals surface area contributed by atoms with E-state index in [-0.39, 0.29) is 17.8 Å². The van der Waals surface area contributed by atoms with Gasteiger partial charge in [-0.2, -0.15) is 0 Å². The molecule has 0 spiro atoms. The highest BCUT2D eigenvalue weighted by atomic mass is 16.6. The molecule has 1 saturated heterocycles. The number of ether oxygens (including phenoxy) is 2. The molecule has 0 saturated carbocycles. The molecule has 0 aromatic rings. The smallest absolute Gasteiger partial charge is 0.350 e. The van der Waals surface area contributed by atoms with E-state index in [1.165, 1.54) is 7.11 Å². The molecule has 14 heavy (non-hydrogen) atoms. The van der Waals surface area contributed by atoms with Gasteiger partial charge in [-0.05, 0) is 12.8 Å². The van der Waals surface area contributed by atoms with E-state index in [1.54, 1.807) is 6.92 Å². The van der Waals surface area contributed by atoms with Crippen molar-refractivity contribution in [3.05, 3.63) is 0 Å². The Morgan fingerprint density at radius 2 is 2.14 bits per heavy atom. The molecule has 1 fully saturated rings. The molecule has 0 bridgehead atoms. The van der Waals surface area contributed by atoms with Crippen LogP contribution in [0.5, 0.6) is 0 Å². The minimum Gasteiger partial charge on any atom is -0.466 e. The predicted octanol–water partition coefficient (Wildman–Crippen LogP) is 1.14. The Morgan fingerprint density at radius 3 is 2.64 bits per heavy atom. The van der Waals surface area contributed by atoms with Crippen LogP contribution in [0.4, 0.5) is 0 Å². The lowest BCUT2D eigenvalue weighted by molar-refractivity contribution is -0.196. The Hall–Kier alpha value is -1.06. The minimum absolute atomic E-state index is 0.0207. The zero-order valence-electron chi connectivity index (χ0n) is 8.99. The Kier molecular flexibility index (Phi) is 2.83. The number of cyclic esters (lactones) is 1. The Morgan fingerprint density at radius 1 is 1.57 bits per heavy atom. The first-order valence-corrected chi connectivity index (χ1v) is 4.72. The Balaban J connectivity index is 2.94. The topological polar surface area (TPSA) is 52.6 Å². The number of esters is 2. The molecule has 1 aliphatic rings. The van der Waals surface area contributed by atoms with Gasteiger partial charge in [-0.1, -0.05) is 13.8 Å². The Labute approximate surface area is 83.6 Å². The van der Waals surface area contributed by atoms with Crippen LogP contribution in [0, 0.1) is 11.8 Å². The van der Waals surface area contributed by atoms with Crippen LogP contribution in [0.3, 0.4) is 0 Å². The molecule has 0 aromatic heterocycles. The second-order valence-electron chi connectivity index (χ2n) is 4.04. The van der Waals surface area contributed by atoms with Gasteiger partial charge in [-0.3, -0.25) is 4.79 Å². The van der Waals surface area contributed by atoms with Crippen LogP contribution < -0.4 is 0 Å². The molecule has 3 atom stereocenters. The number of hydrogen-bond donors (Lipinski definition) is 0. The molecule has 0 radical (unpaired) electrons. The maximum atomic E-state index is 11.5. The van der Waals surface area contributed by atoms with Crippen LogP contribution in [0.25, 0.3) is 0 Å². The highest BCUT2D eigenvalue weighted by molar-refractivity contribution is 5.84. The van der Waals surface area contributed by atoms with Gasteiger partial charge in [0.15, 0.2) is 0 Å². The molecule has 80 valence electrons. The van der Waals surface area contributed by atoms with Gasteiger partial charge in [0.2, 0.25) is 5.60 Å². The van der Waals surface area contributed by atoms with E-state index in [0.717, 1.165) is 0 Å². The van der Waals surface area contributed by atoms with Gasteiger partial charge in [0.25, 0.3) is 0 Å². The zero-order valence-corrected chi connectivity index (χ0v) is 8.99. The second-order valence-corrected chi connectivity index (χ2v) is 4.04. The summed E-state index contributed by atoms with van der Waals surface area (Å²) in [6.45, 7) is 5.44. The maximum absolute atomic E-state index is 11.5. The molecule has 1 rings (SSSR count). The van der Waals surface area contributed by atoms with E-state index < -0.39 is 11.6 Å². The summed E-state index contributed by atoms with van der Waals surface area (Å²) in [6.07, 6.45) is 0.369. The first kappa shape index (κ1) is 11.0. The van der Waals surface area contributed by atoms with E-state index in [0.29, 0.717) is 6.42 Å². The fraction of sp³-hybridized carbons (Fsp3) is 0.800. The van der Waals surface area contributed by atoms with Crippen LogP contribution in [0.15, 0.2) is 0 Å². The van der Waals surface area contributed by atoms with E-state index in [4.69, 9.17) is 4.74 Å². The summed E-state index contributed by atoms with van der Waals surface area (Å²) in [4.78, 5) is 22.7. The summed E-state index contributed by atoms with van der Waals surface area (Å²) >= 11 is 0. The lowest BCUT2D eigenvalue weighted by atomic mass is 9.77. The van der Waals surface area contributed by atoms with Crippen LogP contribution in [-0.4, -0.2) is 24.6 Å². The van der Waals surface area contributed by atoms with Crippen molar-refractivity contribution in [2.45, 2.75) is 32.8 Å². The number of carbonyl (C=O) groups excluding carboxylic acids is 2. The summed E-state index contributed by atoms with van der Waals surface area (Å²) in [5.74, 6) is -0.693. The lowest BCUT2D eigenvalue weighted by Crippen LogP contribution is -2.52. The van der Waals surface area contributed by atoms with Crippen molar-refractivity contribution in [1.29, 1.82) is 0 Å². The molecular formula is C10H16O4. The van der Waals surface area contributed by atoms with E-state index in [9.17, 15) is 9.59 Å². The largest absolute Gasteiger partial charge is 0.466 e. The number of rotatable bonds is 1. The highest BCUT2D eigenvalue weighted by Crippen LogP contribution is 2.36. The molecule has 0 N–H and O–H groups in total. The standard InChI is InChI=1S/C10H16O4/c1-6-5-8(11)14-10(3,7(6)2)9(12)13-4/h6-7H,5H2,1-4H3/t6-,7-,10-/m1/s1. The molecular weight excluding hydrogens is 184 g/mol. The average Bonchev–Trinajstić information content (AvgIpc) is 2.12. The monoisotopic (exact) mass is 200 g/mol. The van der Waals surface area contributed by atoms with Crippen LogP contribution in [0.1, 0.15) is 27.2 Å². The first-order chi connectivity index (χ1) is 6.41. The second kappa shape index (κ2) is 3.59. The fourth-order valence-corrected chi connectivity index (χ4v) is 1.78. The highest BCUT2D eigenvalue weighted by Gasteiger charge is 2.49. The molecule has 0 unspecified atom stereocenters. The first-order valence-electron chi connectivity index (χ1n) is 4.72. The number of hydrogen-bond acceptors (Lipinski definition) is 4. The van der Waals surface area contributed by atoms with Gasteiger partial charge in [-0.25, -0.2) is 4.79 Å². The third-order valence-electron chi connectivity index (χ3n) is 3.13. The van der Waals surface area contributed by atoms with Crippen LogP contribution in [0.2, 0.25) is 0 Å². The van der Waals surface area contributed by atoms with Gasteiger partial charge in [0.1, 0.15) is 0 Å². The summed E-state index contributed by atoms with van der Waals surface area (Å²) < 4.78 is 9.74. The summed E-state index contributed by atoms with van der Waals surface area (Å²) in [7, 11) is 1.30. The van der Waals surface area contributed by atoms with Gasteiger partial charge in [0, 0.05) is 12.3 Å². The summed E-state index contributed by atoms with van der Waals surface area (Å²) in [5, 5.41) is 0. The zero-order chi connectivity index (χ0) is 10.9.